The second kappa shape index (κ2) is 4.49. The van der Waals surface area contributed by atoms with Crippen molar-refractivity contribution in [2.24, 2.45) is 5.73 Å². The first kappa shape index (κ1) is 10.9. The molecule has 2 rings (SSSR count). The molecule has 0 bridgehead atoms. The molecule has 0 aromatic carbocycles. The van der Waals surface area contributed by atoms with Crippen LogP contribution in [0.5, 0.6) is 0 Å². The third-order valence-corrected chi connectivity index (χ3v) is 3.63. The molecule has 2 aliphatic rings. The fraction of sp³-hybridized carbons (Fsp3) is 0.909. The summed E-state index contributed by atoms with van der Waals surface area (Å²) in [5.41, 5.74) is 6.08. The van der Waals surface area contributed by atoms with Crippen molar-refractivity contribution in [3.63, 3.8) is 0 Å². The van der Waals surface area contributed by atoms with Crippen LogP contribution in [0.15, 0.2) is 0 Å². The van der Waals surface area contributed by atoms with E-state index >= 15 is 0 Å². The van der Waals surface area contributed by atoms with Gasteiger partial charge in [-0.1, -0.05) is 6.42 Å². The molecule has 3 unspecified atom stereocenters. The maximum atomic E-state index is 10.9. The van der Waals surface area contributed by atoms with Crippen molar-refractivity contribution >= 4 is 5.91 Å². The summed E-state index contributed by atoms with van der Waals surface area (Å²) in [5.74, 6) is 0.0811. The van der Waals surface area contributed by atoms with Crippen molar-refractivity contribution in [2.45, 2.75) is 50.7 Å². The molecule has 86 valence electrons. The van der Waals surface area contributed by atoms with Crippen LogP contribution in [0, 0.1) is 0 Å². The van der Waals surface area contributed by atoms with E-state index in [4.69, 9.17) is 5.73 Å². The first-order valence-electron chi connectivity index (χ1n) is 5.93. The molecule has 1 amide bonds. The van der Waals surface area contributed by atoms with Crippen LogP contribution < -0.4 is 11.1 Å². The van der Waals surface area contributed by atoms with Crippen LogP contribution in [0.3, 0.4) is 0 Å². The molecule has 3 N–H and O–H groups in total. The molecular weight excluding hydrogens is 190 g/mol. The van der Waals surface area contributed by atoms with E-state index in [1.54, 1.807) is 6.92 Å². The molecule has 1 aliphatic heterocycles. The SMILES string of the molecule is CC(=O)NC1CCN(C2CCCC2N)C1. The Kier molecular flexibility index (Phi) is 3.26. The lowest BCUT2D eigenvalue weighted by Gasteiger charge is -2.27. The number of hydrogen-bond acceptors (Lipinski definition) is 3. The number of carbonyl (C=O) groups excluding carboxylic acids is 1. The van der Waals surface area contributed by atoms with Crippen molar-refractivity contribution in [1.29, 1.82) is 0 Å². The molecule has 4 heteroatoms. The summed E-state index contributed by atoms with van der Waals surface area (Å²) in [4.78, 5) is 13.4. The number of rotatable bonds is 2. The summed E-state index contributed by atoms with van der Waals surface area (Å²) >= 11 is 0. The summed E-state index contributed by atoms with van der Waals surface area (Å²) in [6.45, 7) is 3.66. The lowest BCUT2D eigenvalue weighted by Crippen LogP contribution is -2.45. The fourth-order valence-corrected chi connectivity index (χ4v) is 2.92. The van der Waals surface area contributed by atoms with Crippen LogP contribution in [0.25, 0.3) is 0 Å². The quantitative estimate of drug-likeness (QED) is 0.680. The van der Waals surface area contributed by atoms with Crippen LogP contribution in [0.2, 0.25) is 0 Å². The van der Waals surface area contributed by atoms with E-state index in [0.29, 0.717) is 18.1 Å². The third kappa shape index (κ3) is 2.49. The molecule has 1 saturated carbocycles. The minimum atomic E-state index is 0.0811. The first-order chi connectivity index (χ1) is 7.16. The standard InChI is InChI=1S/C11H21N3O/c1-8(15)13-9-5-6-14(7-9)11-4-2-3-10(11)12/h9-11H,2-7,12H2,1H3,(H,13,15). The van der Waals surface area contributed by atoms with E-state index < -0.39 is 0 Å². The summed E-state index contributed by atoms with van der Waals surface area (Å²) in [6, 6.07) is 1.25. The van der Waals surface area contributed by atoms with Gasteiger partial charge in [-0.25, -0.2) is 0 Å². The van der Waals surface area contributed by atoms with Gasteiger partial charge >= 0.3 is 0 Å². The highest BCUT2D eigenvalue weighted by atomic mass is 16.1. The number of hydrogen-bond donors (Lipinski definition) is 2. The molecule has 4 nitrogen and oxygen atoms in total. The van der Waals surface area contributed by atoms with Gasteiger partial charge in [-0.3, -0.25) is 9.69 Å². The zero-order chi connectivity index (χ0) is 10.8. The molecule has 0 spiro atoms. The monoisotopic (exact) mass is 211 g/mol. The second-order valence-electron chi connectivity index (χ2n) is 4.84. The van der Waals surface area contributed by atoms with Gasteiger partial charge in [0.05, 0.1) is 0 Å². The van der Waals surface area contributed by atoms with E-state index in [-0.39, 0.29) is 5.91 Å². The van der Waals surface area contributed by atoms with Crippen LogP contribution in [0.1, 0.15) is 32.6 Å². The predicted molar refractivity (Wildman–Crippen MR) is 59.4 cm³/mol. The lowest BCUT2D eigenvalue weighted by atomic mass is 10.1. The molecular formula is C11H21N3O. The number of nitrogens with two attached hydrogens (primary N) is 1. The highest BCUT2D eigenvalue weighted by Crippen LogP contribution is 2.25. The van der Waals surface area contributed by atoms with E-state index in [1.807, 2.05) is 0 Å². The van der Waals surface area contributed by atoms with Gasteiger partial charge < -0.3 is 11.1 Å². The maximum absolute atomic E-state index is 10.9. The zero-order valence-corrected chi connectivity index (χ0v) is 9.41. The zero-order valence-electron chi connectivity index (χ0n) is 9.41. The van der Waals surface area contributed by atoms with Gasteiger partial charge in [-0.2, -0.15) is 0 Å². The Hall–Kier alpha value is -0.610. The van der Waals surface area contributed by atoms with Gasteiger partial charge in [-0.05, 0) is 19.3 Å². The predicted octanol–water partition coefficient (Wildman–Crippen LogP) is 0.0766. The van der Waals surface area contributed by atoms with Crippen molar-refractivity contribution < 1.29 is 4.79 Å². The molecule has 1 aliphatic carbocycles. The van der Waals surface area contributed by atoms with Crippen LogP contribution in [-0.4, -0.2) is 42.0 Å². The van der Waals surface area contributed by atoms with Gasteiger partial charge in [0, 0.05) is 38.1 Å². The molecule has 1 saturated heterocycles. The van der Waals surface area contributed by atoms with Gasteiger partial charge in [0.25, 0.3) is 0 Å². The Bertz CT molecular complexity index is 244. The van der Waals surface area contributed by atoms with Crippen molar-refractivity contribution in [2.75, 3.05) is 13.1 Å². The van der Waals surface area contributed by atoms with Gasteiger partial charge in [0.1, 0.15) is 0 Å². The normalized spacial score (nSPS) is 37.1. The van der Waals surface area contributed by atoms with E-state index in [2.05, 4.69) is 10.2 Å². The van der Waals surface area contributed by atoms with E-state index in [1.165, 1.54) is 12.8 Å². The average molecular weight is 211 g/mol. The van der Waals surface area contributed by atoms with Crippen LogP contribution in [-0.2, 0) is 4.79 Å². The topological polar surface area (TPSA) is 58.4 Å². The minimum absolute atomic E-state index is 0.0811. The maximum Gasteiger partial charge on any atom is 0.217 e. The fourth-order valence-electron chi connectivity index (χ4n) is 2.92. The second-order valence-corrected chi connectivity index (χ2v) is 4.84. The number of carbonyl (C=O) groups is 1. The molecule has 0 radical (unpaired) electrons. The molecule has 2 fully saturated rings. The third-order valence-electron chi connectivity index (χ3n) is 3.63. The van der Waals surface area contributed by atoms with Crippen LogP contribution in [0.4, 0.5) is 0 Å². The highest BCUT2D eigenvalue weighted by molar-refractivity contribution is 5.73. The number of nitrogens with zero attached hydrogens (tertiary/aromatic N) is 1. The number of amides is 1. The summed E-state index contributed by atoms with van der Waals surface area (Å²) in [5, 5.41) is 2.99. The Labute approximate surface area is 91.2 Å². The highest BCUT2D eigenvalue weighted by Gasteiger charge is 2.34. The number of nitrogens with one attached hydrogen (secondary N) is 1. The van der Waals surface area contributed by atoms with Crippen molar-refractivity contribution in [1.82, 2.24) is 10.2 Å². The van der Waals surface area contributed by atoms with Gasteiger partial charge in [0.2, 0.25) is 5.91 Å². The summed E-state index contributed by atoms with van der Waals surface area (Å²) in [6.07, 6.45) is 4.72. The average Bonchev–Trinajstić information content (AvgIpc) is 2.72. The molecule has 3 atom stereocenters. The smallest absolute Gasteiger partial charge is 0.217 e. The molecule has 0 aromatic heterocycles. The van der Waals surface area contributed by atoms with Crippen molar-refractivity contribution in [3.8, 4) is 0 Å². The van der Waals surface area contributed by atoms with E-state index in [0.717, 1.165) is 25.9 Å². The summed E-state index contributed by atoms with van der Waals surface area (Å²) < 4.78 is 0. The molecule has 0 aromatic rings. The van der Waals surface area contributed by atoms with Crippen LogP contribution >= 0.6 is 0 Å². The lowest BCUT2D eigenvalue weighted by molar-refractivity contribution is -0.119. The Morgan fingerprint density at radius 1 is 1.40 bits per heavy atom. The minimum Gasteiger partial charge on any atom is -0.352 e. The largest absolute Gasteiger partial charge is 0.352 e. The van der Waals surface area contributed by atoms with Crippen molar-refractivity contribution in [3.05, 3.63) is 0 Å². The first-order valence-corrected chi connectivity index (χ1v) is 5.93. The Morgan fingerprint density at radius 2 is 2.20 bits per heavy atom. The Balaban J connectivity index is 1.84. The summed E-state index contributed by atoms with van der Waals surface area (Å²) in [7, 11) is 0. The molecule has 1 heterocycles. The van der Waals surface area contributed by atoms with Gasteiger partial charge in [-0.15, -0.1) is 0 Å². The molecule has 15 heavy (non-hydrogen) atoms. The van der Waals surface area contributed by atoms with Gasteiger partial charge in [0.15, 0.2) is 0 Å². The van der Waals surface area contributed by atoms with E-state index in [9.17, 15) is 4.79 Å². The Morgan fingerprint density at radius 3 is 2.80 bits per heavy atom. The number of likely N-dealkylation sites (tertiary alicyclic amines) is 1.